The Labute approximate surface area is 107 Å². The van der Waals surface area contributed by atoms with Crippen LogP contribution in [0.4, 0.5) is 0 Å². The molecule has 1 aliphatic rings. The average molecular weight is 249 g/mol. The number of hydrogen-bond donors (Lipinski definition) is 0. The molecular formula is C14H19NO3. The summed E-state index contributed by atoms with van der Waals surface area (Å²) in [5.74, 6) is 1.17. The molecule has 4 heteroatoms. The van der Waals surface area contributed by atoms with Gasteiger partial charge in [-0.1, -0.05) is 19.1 Å². The fourth-order valence-corrected chi connectivity index (χ4v) is 2.22. The van der Waals surface area contributed by atoms with Gasteiger partial charge in [-0.3, -0.25) is 4.79 Å². The third-order valence-electron chi connectivity index (χ3n) is 3.55. The number of carbonyl (C=O) groups is 1. The Balaban J connectivity index is 2.22. The zero-order valence-electron chi connectivity index (χ0n) is 11.2. The lowest BCUT2D eigenvalue weighted by Crippen LogP contribution is -2.23. The predicted molar refractivity (Wildman–Crippen MR) is 67.3 cm³/mol. The van der Waals surface area contributed by atoms with Crippen molar-refractivity contribution < 1.29 is 13.9 Å². The van der Waals surface area contributed by atoms with E-state index in [-0.39, 0.29) is 17.8 Å². The number of methoxy groups -OCH3 is 1. The molecule has 0 spiro atoms. The zero-order valence-corrected chi connectivity index (χ0v) is 11.2. The van der Waals surface area contributed by atoms with Gasteiger partial charge in [0.25, 0.3) is 0 Å². The number of esters is 1. The third-order valence-corrected chi connectivity index (χ3v) is 3.55. The van der Waals surface area contributed by atoms with E-state index >= 15 is 0 Å². The van der Waals surface area contributed by atoms with Gasteiger partial charge in [-0.15, -0.1) is 0 Å². The molecule has 0 N–H and O–H groups in total. The first-order chi connectivity index (χ1) is 8.55. The molecule has 0 radical (unpaired) electrons. The van der Waals surface area contributed by atoms with E-state index in [9.17, 15) is 4.79 Å². The minimum absolute atomic E-state index is 0.0477. The SMILES string of the molecule is COC(=O)Cc1nc([C@]2(C)CC=CCC2)oc1C. The van der Waals surface area contributed by atoms with Crippen LogP contribution >= 0.6 is 0 Å². The van der Waals surface area contributed by atoms with E-state index in [1.807, 2.05) is 6.92 Å². The molecule has 0 aromatic carbocycles. The lowest BCUT2D eigenvalue weighted by molar-refractivity contribution is -0.139. The summed E-state index contributed by atoms with van der Waals surface area (Å²) in [6.45, 7) is 4.00. The summed E-state index contributed by atoms with van der Waals surface area (Å²) in [6, 6.07) is 0. The first kappa shape index (κ1) is 12.9. The Kier molecular flexibility index (Phi) is 3.55. The summed E-state index contributed by atoms with van der Waals surface area (Å²) in [5.41, 5.74) is 0.640. The fraction of sp³-hybridized carbons (Fsp3) is 0.571. The molecule has 0 aliphatic heterocycles. The van der Waals surface area contributed by atoms with Gasteiger partial charge in [0, 0.05) is 5.41 Å². The Hall–Kier alpha value is -1.58. The Morgan fingerprint density at radius 1 is 1.56 bits per heavy atom. The van der Waals surface area contributed by atoms with Gasteiger partial charge >= 0.3 is 5.97 Å². The van der Waals surface area contributed by atoms with Gasteiger partial charge in [-0.25, -0.2) is 4.98 Å². The smallest absolute Gasteiger partial charge is 0.311 e. The number of aryl methyl sites for hydroxylation is 1. The maximum Gasteiger partial charge on any atom is 0.311 e. The van der Waals surface area contributed by atoms with Crippen LogP contribution < -0.4 is 0 Å². The van der Waals surface area contributed by atoms with Crippen LogP contribution in [0, 0.1) is 6.92 Å². The van der Waals surface area contributed by atoms with Gasteiger partial charge in [-0.2, -0.15) is 0 Å². The normalized spacial score (nSPS) is 23.1. The molecule has 0 saturated heterocycles. The number of aromatic nitrogens is 1. The van der Waals surface area contributed by atoms with Crippen LogP contribution in [-0.4, -0.2) is 18.1 Å². The molecule has 18 heavy (non-hydrogen) atoms. The van der Waals surface area contributed by atoms with Crippen LogP contribution in [0.5, 0.6) is 0 Å². The molecule has 98 valence electrons. The minimum atomic E-state index is -0.286. The second kappa shape index (κ2) is 4.96. The molecule has 1 aromatic heterocycles. The molecule has 1 aromatic rings. The summed E-state index contributed by atoms with van der Waals surface area (Å²) >= 11 is 0. The average Bonchev–Trinajstić information content (AvgIpc) is 2.72. The largest absolute Gasteiger partial charge is 0.469 e. The maximum atomic E-state index is 11.3. The molecule has 0 saturated carbocycles. The van der Waals surface area contributed by atoms with Crippen LogP contribution in [0.15, 0.2) is 16.6 Å². The zero-order chi connectivity index (χ0) is 13.2. The Morgan fingerprint density at radius 3 is 2.94 bits per heavy atom. The summed E-state index contributed by atoms with van der Waals surface area (Å²) in [5, 5.41) is 0. The molecule has 0 unspecified atom stereocenters. The number of ether oxygens (including phenoxy) is 1. The lowest BCUT2D eigenvalue weighted by atomic mass is 9.79. The number of nitrogens with zero attached hydrogens (tertiary/aromatic N) is 1. The number of oxazole rings is 1. The van der Waals surface area contributed by atoms with Crippen molar-refractivity contribution in [3.8, 4) is 0 Å². The van der Waals surface area contributed by atoms with Crippen molar-refractivity contribution in [2.75, 3.05) is 7.11 Å². The Morgan fingerprint density at radius 2 is 2.33 bits per heavy atom. The van der Waals surface area contributed by atoms with Crippen molar-refractivity contribution in [3.05, 3.63) is 29.5 Å². The monoisotopic (exact) mass is 249 g/mol. The first-order valence-corrected chi connectivity index (χ1v) is 6.24. The highest BCUT2D eigenvalue weighted by Crippen LogP contribution is 2.36. The van der Waals surface area contributed by atoms with Gasteiger partial charge in [-0.05, 0) is 26.2 Å². The summed E-state index contributed by atoms with van der Waals surface area (Å²) in [7, 11) is 1.38. The molecule has 0 bridgehead atoms. The molecule has 4 nitrogen and oxygen atoms in total. The Bertz CT molecular complexity index is 475. The van der Waals surface area contributed by atoms with E-state index in [1.165, 1.54) is 7.11 Å². The van der Waals surface area contributed by atoms with Crippen LogP contribution in [-0.2, 0) is 21.4 Å². The van der Waals surface area contributed by atoms with E-state index in [1.54, 1.807) is 0 Å². The molecule has 1 aliphatic carbocycles. The van der Waals surface area contributed by atoms with Crippen molar-refractivity contribution in [1.82, 2.24) is 4.98 Å². The first-order valence-electron chi connectivity index (χ1n) is 6.24. The maximum absolute atomic E-state index is 11.3. The van der Waals surface area contributed by atoms with E-state index in [0.717, 1.165) is 25.2 Å². The fourth-order valence-electron chi connectivity index (χ4n) is 2.22. The summed E-state index contributed by atoms with van der Waals surface area (Å²) < 4.78 is 10.4. The van der Waals surface area contributed by atoms with Gasteiger partial charge in [0.05, 0.1) is 19.2 Å². The molecule has 1 atom stereocenters. The van der Waals surface area contributed by atoms with Crippen molar-refractivity contribution in [3.63, 3.8) is 0 Å². The quantitative estimate of drug-likeness (QED) is 0.610. The van der Waals surface area contributed by atoms with Crippen LogP contribution in [0.2, 0.25) is 0 Å². The lowest BCUT2D eigenvalue weighted by Gasteiger charge is -2.26. The summed E-state index contributed by atoms with van der Waals surface area (Å²) in [4.78, 5) is 15.8. The molecule has 0 amide bonds. The standard InChI is InChI=1S/C14H19NO3/c1-10-11(9-12(16)17-3)15-13(18-10)14(2)7-5-4-6-8-14/h4-5H,6-9H2,1-3H3/t14-/m1/s1. The second-order valence-electron chi connectivity index (χ2n) is 5.05. The van der Waals surface area contributed by atoms with E-state index < -0.39 is 0 Å². The van der Waals surface area contributed by atoms with Gasteiger partial charge in [0.2, 0.25) is 5.89 Å². The van der Waals surface area contributed by atoms with E-state index in [4.69, 9.17) is 4.42 Å². The highest BCUT2D eigenvalue weighted by molar-refractivity contribution is 5.72. The number of hydrogen-bond acceptors (Lipinski definition) is 4. The van der Waals surface area contributed by atoms with Gasteiger partial charge in [0.1, 0.15) is 5.76 Å². The molecule has 1 heterocycles. The van der Waals surface area contributed by atoms with Crippen molar-refractivity contribution >= 4 is 5.97 Å². The second-order valence-corrected chi connectivity index (χ2v) is 5.05. The third kappa shape index (κ3) is 2.47. The number of carbonyl (C=O) groups excluding carboxylic acids is 1. The number of rotatable bonds is 3. The topological polar surface area (TPSA) is 52.3 Å². The van der Waals surface area contributed by atoms with Crippen LogP contribution in [0.25, 0.3) is 0 Å². The van der Waals surface area contributed by atoms with E-state index in [2.05, 4.69) is 28.8 Å². The van der Waals surface area contributed by atoms with Crippen LogP contribution in [0.1, 0.15) is 43.5 Å². The number of allylic oxidation sites excluding steroid dienone is 2. The van der Waals surface area contributed by atoms with Gasteiger partial charge in [0.15, 0.2) is 0 Å². The van der Waals surface area contributed by atoms with Gasteiger partial charge < -0.3 is 9.15 Å². The molecule has 0 fully saturated rings. The highest BCUT2D eigenvalue weighted by atomic mass is 16.5. The van der Waals surface area contributed by atoms with E-state index in [0.29, 0.717) is 11.5 Å². The van der Waals surface area contributed by atoms with Crippen molar-refractivity contribution in [1.29, 1.82) is 0 Å². The highest BCUT2D eigenvalue weighted by Gasteiger charge is 2.32. The molecule has 2 rings (SSSR count). The minimum Gasteiger partial charge on any atom is -0.469 e. The molecular weight excluding hydrogens is 230 g/mol. The van der Waals surface area contributed by atoms with Crippen molar-refractivity contribution in [2.24, 2.45) is 0 Å². The van der Waals surface area contributed by atoms with Crippen molar-refractivity contribution in [2.45, 2.75) is 44.9 Å². The predicted octanol–water partition coefficient (Wildman–Crippen LogP) is 2.70. The van der Waals surface area contributed by atoms with Crippen LogP contribution in [0.3, 0.4) is 0 Å². The summed E-state index contributed by atoms with van der Waals surface area (Å²) in [6.07, 6.45) is 7.55.